The number of imide groups is 1. The monoisotopic (exact) mass is 415 g/mol. The summed E-state index contributed by atoms with van der Waals surface area (Å²) >= 11 is 7.03. The fourth-order valence-electron chi connectivity index (χ4n) is 2.68. The lowest BCUT2D eigenvalue weighted by molar-refractivity contribution is -0.134. The third-order valence-corrected chi connectivity index (χ3v) is 5.21. The molecule has 0 aliphatic carbocycles. The molecule has 5 nitrogen and oxygen atoms in total. The molecule has 0 spiro atoms. The lowest BCUT2D eigenvalue weighted by Crippen LogP contribution is -2.17. The van der Waals surface area contributed by atoms with E-state index in [1.807, 2.05) is 18.2 Å². The van der Waals surface area contributed by atoms with Crippen LogP contribution < -0.4 is 10.1 Å². The molecule has 1 aliphatic rings. The van der Waals surface area contributed by atoms with Crippen molar-refractivity contribution in [3.8, 4) is 5.75 Å². The highest BCUT2D eigenvalue weighted by atomic mass is 35.5. The Balaban J connectivity index is 1.50. The number of rotatable bonds is 7. The van der Waals surface area contributed by atoms with Gasteiger partial charge in [0.15, 0.2) is 0 Å². The van der Waals surface area contributed by atoms with E-state index in [-0.39, 0.29) is 10.9 Å². The molecule has 28 heavy (non-hydrogen) atoms. The van der Waals surface area contributed by atoms with Crippen LogP contribution in [0.15, 0.2) is 53.4 Å². The fraction of sp³-hybridized carbons (Fsp3) is 0.190. The zero-order chi connectivity index (χ0) is 19.9. The maximum atomic E-state index is 12.0. The molecule has 1 saturated heterocycles. The molecule has 1 fully saturated rings. The summed E-state index contributed by atoms with van der Waals surface area (Å²) in [4.78, 5) is 35.1. The standard InChI is InChI=1S/C21H18ClNO4S/c22-17-13-16(11-10-15(17)12-18-20(25)23-21(26)28-18)27-19(24)9-5-4-8-14-6-2-1-3-7-14/h1-3,6-7,10-13H,4-5,8-9H2,(H,23,25,26). The number of aryl methyl sites for hydroxylation is 1. The van der Waals surface area contributed by atoms with E-state index in [1.165, 1.54) is 17.7 Å². The summed E-state index contributed by atoms with van der Waals surface area (Å²) in [6, 6.07) is 14.9. The minimum Gasteiger partial charge on any atom is -0.426 e. The summed E-state index contributed by atoms with van der Waals surface area (Å²) in [5, 5.41) is 2.10. The molecular weight excluding hydrogens is 398 g/mol. The number of hydrogen-bond acceptors (Lipinski definition) is 5. The van der Waals surface area contributed by atoms with Gasteiger partial charge in [-0.2, -0.15) is 0 Å². The molecule has 0 saturated carbocycles. The van der Waals surface area contributed by atoms with E-state index in [0.717, 1.165) is 31.0 Å². The van der Waals surface area contributed by atoms with Crippen LogP contribution in [-0.4, -0.2) is 17.1 Å². The number of halogens is 1. The molecular formula is C21H18ClNO4S. The highest BCUT2D eigenvalue weighted by Gasteiger charge is 2.25. The molecule has 7 heteroatoms. The third kappa shape index (κ3) is 5.71. The van der Waals surface area contributed by atoms with Crippen LogP contribution in [0.5, 0.6) is 5.75 Å². The van der Waals surface area contributed by atoms with Gasteiger partial charge in [0.1, 0.15) is 5.75 Å². The zero-order valence-electron chi connectivity index (χ0n) is 14.9. The Morgan fingerprint density at radius 3 is 2.57 bits per heavy atom. The molecule has 0 radical (unpaired) electrons. The summed E-state index contributed by atoms with van der Waals surface area (Å²) in [5.41, 5.74) is 1.82. The quantitative estimate of drug-likeness (QED) is 0.299. The highest BCUT2D eigenvalue weighted by molar-refractivity contribution is 8.18. The molecule has 1 N–H and O–H groups in total. The van der Waals surface area contributed by atoms with Crippen molar-refractivity contribution in [3.63, 3.8) is 0 Å². The minimum atomic E-state index is -0.447. The smallest absolute Gasteiger partial charge is 0.311 e. The fourth-order valence-corrected chi connectivity index (χ4v) is 3.57. The van der Waals surface area contributed by atoms with Gasteiger partial charge in [-0.3, -0.25) is 19.7 Å². The number of carbonyl (C=O) groups excluding carboxylic acids is 3. The Kier molecular flexibility index (Phi) is 6.90. The van der Waals surface area contributed by atoms with E-state index in [1.54, 1.807) is 12.1 Å². The Morgan fingerprint density at radius 2 is 1.89 bits per heavy atom. The first kappa shape index (κ1) is 20.2. The number of ether oxygens (including phenoxy) is 1. The van der Waals surface area contributed by atoms with Crippen molar-refractivity contribution >= 4 is 46.6 Å². The van der Waals surface area contributed by atoms with Crippen LogP contribution in [0.2, 0.25) is 5.02 Å². The average molecular weight is 416 g/mol. The Hall–Kier alpha value is -2.57. The maximum absolute atomic E-state index is 12.0. The summed E-state index contributed by atoms with van der Waals surface area (Å²) in [6.45, 7) is 0. The Morgan fingerprint density at radius 1 is 1.11 bits per heavy atom. The van der Waals surface area contributed by atoms with E-state index >= 15 is 0 Å². The van der Waals surface area contributed by atoms with Crippen LogP contribution in [0, 0.1) is 0 Å². The maximum Gasteiger partial charge on any atom is 0.311 e. The largest absolute Gasteiger partial charge is 0.426 e. The van der Waals surface area contributed by atoms with Gasteiger partial charge in [-0.25, -0.2) is 0 Å². The summed E-state index contributed by atoms with van der Waals surface area (Å²) < 4.78 is 5.33. The van der Waals surface area contributed by atoms with Crippen LogP contribution in [0.4, 0.5) is 4.79 Å². The molecule has 2 aromatic rings. The molecule has 0 bridgehead atoms. The number of carbonyl (C=O) groups is 3. The van der Waals surface area contributed by atoms with Gasteiger partial charge in [-0.15, -0.1) is 0 Å². The number of thioether (sulfide) groups is 1. The van der Waals surface area contributed by atoms with Crippen molar-refractivity contribution in [2.75, 3.05) is 0 Å². The summed E-state index contributed by atoms with van der Waals surface area (Å²) in [7, 11) is 0. The predicted octanol–water partition coefficient (Wildman–Crippen LogP) is 4.98. The third-order valence-electron chi connectivity index (χ3n) is 4.07. The SMILES string of the molecule is O=C(CCCCc1ccccc1)Oc1ccc(C=C2SC(=O)NC2=O)c(Cl)c1. The molecule has 2 aromatic carbocycles. The van der Waals surface area contributed by atoms with Gasteiger partial charge in [0.05, 0.1) is 9.93 Å². The normalized spacial score (nSPS) is 15.0. The van der Waals surface area contributed by atoms with Crippen LogP contribution in [0.25, 0.3) is 6.08 Å². The second-order valence-electron chi connectivity index (χ2n) is 6.20. The number of nitrogens with one attached hydrogen (secondary N) is 1. The van der Waals surface area contributed by atoms with Crippen LogP contribution in [0.3, 0.4) is 0 Å². The minimum absolute atomic E-state index is 0.273. The molecule has 1 aliphatic heterocycles. The number of esters is 1. The Bertz CT molecular complexity index is 927. The van der Waals surface area contributed by atoms with Crippen molar-refractivity contribution < 1.29 is 19.1 Å². The van der Waals surface area contributed by atoms with Gasteiger partial charge < -0.3 is 4.74 Å². The van der Waals surface area contributed by atoms with Crippen molar-refractivity contribution in [2.45, 2.75) is 25.7 Å². The van der Waals surface area contributed by atoms with Gasteiger partial charge in [0, 0.05) is 12.5 Å². The van der Waals surface area contributed by atoms with Crippen molar-refractivity contribution in [1.82, 2.24) is 5.32 Å². The average Bonchev–Trinajstić information content (AvgIpc) is 2.99. The molecule has 1 heterocycles. The van der Waals surface area contributed by atoms with E-state index in [2.05, 4.69) is 17.4 Å². The van der Waals surface area contributed by atoms with Gasteiger partial charge in [-0.1, -0.05) is 41.9 Å². The van der Waals surface area contributed by atoms with Crippen LogP contribution >= 0.6 is 23.4 Å². The first-order valence-electron chi connectivity index (χ1n) is 8.80. The molecule has 0 aromatic heterocycles. The molecule has 144 valence electrons. The van der Waals surface area contributed by atoms with Gasteiger partial charge >= 0.3 is 5.97 Å². The number of unbranched alkanes of at least 4 members (excludes halogenated alkanes) is 1. The number of amides is 2. The van der Waals surface area contributed by atoms with Crippen LogP contribution in [-0.2, 0) is 16.0 Å². The van der Waals surface area contributed by atoms with E-state index in [4.69, 9.17) is 16.3 Å². The van der Waals surface area contributed by atoms with Crippen molar-refractivity contribution in [3.05, 3.63) is 69.6 Å². The predicted molar refractivity (Wildman–Crippen MR) is 110 cm³/mol. The lowest BCUT2D eigenvalue weighted by atomic mass is 10.1. The second kappa shape index (κ2) is 9.57. The first-order chi connectivity index (χ1) is 13.5. The highest BCUT2D eigenvalue weighted by Crippen LogP contribution is 2.30. The lowest BCUT2D eigenvalue weighted by Gasteiger charge is -2.07. The molecule has 0 unspecified atom stereocenters. The topological polar surface area (TPSA) is 72.5 Å². The Labute approximate surface area is 172 Å². The zero-order valence-corrected chi connectivity index (χ0v) is 16.5. The molecule has 3 rings (SSSR count). The van der Waals surface area contributed by atoms with E-state index < -0.39 is 11.1 Å². The van der Waals surface area contributed by atoms with Gasteiger partial charge in [0.2, 0.25) is 0 Å². The second-order valence-corrected chi connectivity index (χ2v) is 7.62. The van der Waals surface area contributed by atoms with E-state index in [0.29, 0.717) is 22.8 Å². The molecule has 0 atom stereocenters. The van der Waals surface area contributed by atoms with E-state index in [9.17, 15) is 14.4 Å². The number of benzene rings is 2. The molecule has 2 amide bonds. The van der Waals surface area contributed by atoms with Crippen molar-refractivity contribution in [1.29, 1.82) is 0 Å². The number of hydrogen-bond donors (Lipinski definition) is 1. The van der Waals surface area contributed by atoms with Crippen molar-refractivity contribution in [2.24, 2.45) is 0 Å². The first-order valence-corrected chi connectivity index (χ1v) is 10.00. The van der Waals surface area contributed by atoms with Crippen LogP contribution in [0.1, 0.15) is 30.4 Å². The summed E-state index contributed by atoms with van der Waals surface area (Å²) in [5.74, 6) is -0.413. The van der Waals surface area contributed by atoms with Gasteiger partial charge in [0.25, 0.3) is 11.1 Å². The summed E-state index contributed by atoms with van der Waals surface area (Å²) in [6.07, 6.45) is 4.44. The van der Waals surface area contributed by atoms with Gasteiger partial charge in [-0.05, 0) is 60.4 Å².